The molecule has 1 amide bonds. The van der Waals surface area contributed by atoms with E-state index in [-0.39, 0.29) is 24.5 Å². The molecule has 1 aromatic heterocycles. The first-order chi connectivity index (χ1) is 24.8. The van der Waals surface area contributed by atoms with Gasteiger partial charge in [0.1, 0.15) is 29.4 Å². The Balaban J connectivity index is 1.37. The number of carbonyl (C=O) groups excluding carboxylic acids is 1. The summed E-state index contributed by atoms with van der Waals surface area (Å²) in [6, 6.07) is 24.9. The zero-order valence-corrected chi connectivity index (χ0v) is 29.0. The van der Waals surface area contributed by atoms with Crippen molar-refractivity contribution in [2.45, 2.75) is 56.1 Å². The first-order valence-electron chi connectivity index (χ1n) is 17.1. The van der Waals surface area contributed by atoms with Gasteiger partial charge in [0.2, 0.25) is 5.91 Å². The molecule has 4 aromatic rings. The van der Waals surface area contributed by atoms with Crippen molar-refractivity contribution < 1.29 is 28.8 Å². The third-order valence-corrected chi connectivity index (χ3v) is 8.99. The minimum Gasteiger partial charge on any atom is -0.497 e. The molecule has 3 atom stereocenters. The van der Waals surface area contributed by atoms with E-state index in [0.717, 1.165) is 42.4 Å². The van der Waals surface area contributed by atoms with Gasteiger partial charge in [-0.15, -0.1) is 0 Å². The number of carbonyl (C=O) groups is 1. The number of aromatic nitrogens is 2. The molecule has 12 nitrogen and oxygen atoms in total. The molecule has 5 rings (SSSR count). The third-order valence-electron chi connectivity index (χ3n) is 8.99. The van der Waals surface area contributed by atoms with Gasteiger partial charge >= 0.3 is 5.69 Å². The number of nitrogens with zero attached hydrogens (tertiary/aromatic N) is 1. The Bertz CT molecular complexity index is 1810. The van der Waals surface area contributed by atoms with Crippen LogP contribution in [-0.4, -0.2) is 66.7 Å². The lowest BCUT2D eigenvalue weighted by Crippen LogP contribution is -2.38. The molecular weight excluding hydrogens is 652 g/mol. The quantitative estimate of drug-likeness (QED) is 0.0728. The third kappa shape index (κ3) is 9.02. The maximum atomic E-state index is 12.9. The van der Waals surface area contributed by atoms with Crippen LogP contribution in [0.3, 0.4) is 0 Å². The number of amides is 1. The van der Waals surface area contributed by atoms with Gasteiger partial charge in [-0.1, -0.05) is 67.4 Å². The molecule has 51 heavy (non-hydrogen) atoms. The summed E-state index contributed by atoms with van der Waals surface area (Å²) in [4.78, 5) is 40.2. The van der Waals surface area contributed by atoms with Gasteiger partial charge in [0.15, 0.2) is 0 Å². The Labute approximate surface area is 296 Å². The van der Waals surface area contributed by atoms with Crippen LogP contribution in [0.2, 0.25) is 0 Å². The van der Waals surface area contributed by atoms with Crippen molar-refractivity contribution in [3.8, 4) is 11.5 Å². The number of unbranched alkanes of at least 4 members (excludes halogenated alkanes) is 3. The molecule has 3 aromatic carbocycles. The normalized spacial score (nSPS) is 17.5. The number of rotatable bonds is 17. The van der Waals surface area contributed by atoms with Gasteiger partial charge in [-0.2, -0.15) is 0 Å². The van der Waals surface area contributed by atoms with Gasteiger partial charge in [-0.3, -0.25) is 19.1 Å². The first kappa shape index (κ1) is 37.3. The number of hydrogen-bond acceptors (Lipinski definition) is 9. The highest BCUT2D eigenvalue weighted by molar-refractivity contribution is 5.91. The van der Waals surface area contributed by atoms with E-state index >= 15 is 0 Å². The molecule has 1 aliphatic heterocycles. The van der Waals surface area contributed by atoms with E-state index in [1.807, 2.05) is 78.9 Å². The van der Waals surface area contributed by atoms with Crippen LogP contribution in [-0.2, 0) is 19.9 Å². The van der Waals surface area contributed by atoms with Gasteiger partial charge in [-0.25, -0.2) is 4.79 Å². The molecule has 270 valence electrons. The van der Waals surface area contributed by atoms with Crippen molar-refractivity contribution in [3.05, 3.63) is 134 Å². The van der Waals surface area contributed by atoms with Gasteiger partial charge in [-0.05, 0) is 66.4 Å². The number of H-pyrrole nitrogens is 1. The zero-order valence-electron chi connectivity index (χ0n) is 29.0. The predicted molar refractivity (Wildman–Crippen MR) is 194 cm³/mol. The molecule has 0 aliphatic carbocycles. The SMILES string of the molecule is COc1ccc(C(OCC2OC(n3cc(/C=C/C(=O)NCCCCCCN)c(=O)[nH]c3=O)CC2O)(c2ccccc2)c2ccc(OC)cc2)cc1. The van der Waals surface area contributed by atoms with Crippen molar-refractivity contribution in [1.82, 2.24) is 14.9 Å². The number of aliphatic hydroxyl groups is 1. The standard InChI is InChI=1S/C39H46N4O8/c1-48-31-17-13-29(14-18-31)39(28-10-6-5-7-11-28,30-15-19-32(49-2)20-16-30)50-26-34-33(44)24-36(51-34)43-25-27(37(46)42-38(43)47)12-21-35(45)41-23-9-4-3-8-22-40/h5-7,10-21,25,33-34,36,44H,3-4,8-9,22-24,26,40H2,1-2H3,(H,41,45)(H,42,46,47)/b21-12+. The Kier molecular flexibility index (Phi) is 13.0. The highest BCUT2D eigenvalue weighted by atomic mass is 16.6. The minimum atomic E-state index is -1.14. The van der Waals surface area contributed by atoms with Gasteiger partial charge < -0.3 is 35.1 Å². The lowest BCUT2D eigenvalue weighted by Gasteiger charge is -2.37. The van der Waals surface area contributed by atoms with Crippen LogP contribution in [0, 0.1) is 0 Å². The molecule has 0 bridgehead atoms. The number of ether oxygens (including phenoxy) is 4. The Morgan fingerprint density at radius 3 is 2.16 bits per heavy atom. The average molecular weight is 699 g/mol. The van der Waals surface area contributed by atoms with Crippen molar-refractivity contribution in [2.24, 2.45) is 5.73 Å². The number of nitrogens with one attached hydrogen (secondary N) is 2. The summed E-state index contributed by atoms with van der Waals surface area (Å²) >= 11 is 0. The smallest absolute Gasteiger partial charge is 0.330 e. The zero-order chi connectivity index (χ0) is 36.2. The van der Waals surface area contributed by atoms with E-state index in [2.05, 4.69) is 10.3 Å². The van der Waals surface area contributed by atoms with Crippen LogP contribution in [0.25, 0.3) is 6.08 Å². The fourth-order valence-corrected chi connectivity index (χ4v) is 6.21. The fourth-order valence-electron chi connectivity index (χ4n) is 6.21. The lowest BCUT2D eigenvalue weighted by molar-refractivity contribution is -0.116. The molecule has 1 saturated heterocycles. The summed E-state index contributed by atoms with van der Waals surface area (Å²) in [5.41, 5.74) is 5.58. The van der Waals surface area contributed by atoms with Crippen molar-refractivity contribution in [2.75, 3.05) is 33.9 Å². The largest absolute Gasteiger partial charge is 0.497 e. The van der Waals surface area contributed by atoms with E-state index in [1.165, 1.54) is 22.9 Å². The summed E-state index contributed by atoms with van der Waals surface area (Å²) in [7, 11) is 3.21. The number of aliphatic hydroxyl groups excluding tert-OH is 1. The Morgan fingerprint density at radius 2 is 1.55 bits per heavy atom. The number of nitrogens with two attached hydrogens (primary N) is 1. The average Bonchev–Trinajstić information content (AvgIpc) is 3.53. The van der Waals surface area contributed by atoms with Gasteiger partial charge in [0, 0.05) is 25.2 Å². The fraction of sp³-hybridized carbons (Fsp3) is 0.359. The van der Waals surface area contributed by atoms with Crippen LogP contribution < -0.4 is 31.8 Å². The number of benzene rings is 3. The van der Waals surface area contributed by atoms with Crippen LogP contribution >= 0.6 is 0 Å². The van der Waals surface area contributed by atoms with E-state index < -0.39 is 35.3 Å². The van der Waals surface area contributed by atoms with E-state index in [0.29, 0.717) is 24.6 Å². The van der Waals surface area contributed by atoms with E-state index in [9.17, 15) is 19.5 Å². The second kappa shape index (κ2) is 17.8. The van der Waals surface area contributed by atoms with Crippen molar-refractivity contribution in [1.29, 1.82) is 0 Å². The summed E-state index contributed by atoms with van der Waals surface area (Å²) < 4.78 is 25.2. The molecule has 3 unspecified atom stereocenters. The van der Waals surface area contributed by atoms with Crippen LogP contribution in [0.5, 0.6) is 11.5 Å². The van der Waals surface area contributed by atoms with E-state index in [4.69, 9.17) is 24.7 Å². The molecule has 1 aliphatic rings. The molecule has 0 radical (unpaired) electrons. The van der Waals surface area contributed by atoms with Crippen molar-refractivity contribution in [3.63, 3.8) is 0 Å². The maximum absolute atomic E-state index is 12.9. The minimum absolute atomic E-state index is 0.0537. The highest BCUT2D eigenvalue weighted by Gasteiger charge is 2.42. The van der Waals surface area contributed by atoms with Crippen LogP contribution in [0.15, 0.2) is 101 Å². The van der Waals surface area contributed by atoms with Crippen LogP contribution in [0.1, 0.15) is 60.6 Å². The molecule has 5 N–H and O–H groups in total. The second-order valence-corrected chi connectivity index (χ2v) is 12.3. The molecule has 0 saturated carbocycles. The molecule has 1 fully saturated rings. The predicted octanol–water partition coefficient (Wildman–Crippen LogP) is 3.86. The van der Waals surface area contributed by atoms with E-state index in [1.54, 1.807) is 14.2 Å². The number of methoxy groups -OCH3 is 2. The monoisotopic (exact) mass is 698 g/mol. The Morgan fingerprint density at radius 1 is 0.941 bits per heavy atom. The highest BCUT2D eigenvalue weighted by Crippen LogP contribution is 2.42. The van der Waals surface area contributed by atoms with Crippen molar-refractivity contribution >= 4 is 12.0 Å². The lowest BCUT2D eigenvalue weighted by atomic mass is 9.80. The first-order valence-corrected chi connectivity index (χ1v) is 17.1. The molecule has 2 heterocycles. The topological polar surface area (TPSA) is 167 Å². The molecule has 0 spiro atoms. The molecular formula is C39H46N4O8. The molecule has 12 heteroatoms. The number of aromatic amines is 1. The summed E-state index contributed by atoms with van der Waals surface area (Å²) in [5, 5.41) is 14.0. The number of hydrogen-bond donors (Lipinski definition) is 4. The maximum Gasteiger partial charge on any atom is 0.330 e. The van der Waals surface area contributed by atoms with Crippen LogP contribution in [0.4, 0.5) is 0 Å². The Hall–Kier alpha value is -5.01. The van der Waals surface area contributed by atoms with Gasteiger partial charge in [0.05, 0.1) is 32.5 Å². The summed E-state index contributed by atoms with van der Waals surface area (Å²) in [6.45, 7) is 1.10. The second-order valence-electron chi connectivity index (χ2n) is 12.3. The summed E-state index contributed by atoms with van der Waals surface area (Å²) in [5.74, 6) is 1.01. The summed E-state index contributed by atoms with van der Waals surface area (Å²) in [6.07, 6.45) is 5.01. The van der Waals surface area contributed by atoms with Gasteiger partial charge in [0.25, 0.3) is 5.56 Å².